The van der Waals surface area contributed by atoms with Gasteiger partial charge in [-0.15, -0.1) is 0 Å². The van der Waals surface area contributed by atoms with Crippen molar-refractivity contribution >= 4 is 0 Å². The molecule has 1 spiro atoms. The molecule has 1 aromatic carbocycles. The summed E-state index contributed by atoms with van der Waals surface area (Å²) in [7, 11) is 0. The number of nitrogens with zero attached hydrogens (tertiary/aromatic N) is 2. The van der Waals surface area contributed by atoms with E-state index in [0.29, 0.717) is 12.5 Å². The Balaban J connectivity index is 1.36. The lowest BCUT2D eigenvalue weighted by Crippen LogP contribution is -2.44. The molecule has 138 valence electrons. The van der Waals surface area contributed by atoms with Crippen LogP contribution in [0.15, 0.2) is 24.3 Å². The monoisotopic (exact) mass is 348 g/mol. The fraction of sp³-hybridized carbons (Fsp3) is 0.700. The summed E-state index contributed by atoms with van der Waals surface area (Å²) in [5.74, 6) is 0.441. The molecule has 0 aliphatic carbocycles. The Hall–Kier alpha value is -1.01. The molecule has 3 aliphatic heterocycles. The van der Waals surface area contributed by atoms with Gasteiger partial charge in [0.05, 0.1) is 19.8 Å². The number of rotatable bonds is 4. The minimum atomic E-state index is -0.177. The minimum absolute atomic E-state index is 0.166. The number of ether oxygens (including phenoxy) is 2. The molecule has 2 atom stereocenters. The van der Waals surface area contributed by atoms with Crippen LogP contribution in [0.4, 0.5) is 4.39 Å². The Morgan fingerprint density at radius 2 is 1.88 bits per heavy atom. The maximum atomic E-state index is 13.1. The third-order valence-electron chi connectivity index (χ3n) is 5.75. The summed E-state index contributed by atoms with van der Waals surface area (Å²) in [6.07, 6.45) is 3.77. The van der Waals surface area contributed by atoms with Crippen molar-refractivity contribution in [3.8, 4) is 0 Å². The van der Waals surface area contributed by atoms with Crippen LogP contribution < -0.4 is 0 Å². The molecule has 0 N–H and O–H groups in total. The van der Waals surface area contributed by atoms with Crippen LogP contribution in [0.2, 0.25) is 0 Å². The third kappa shape index (κ3) is 4.40. The van der Waals surface area contributed by atoms with E-state index >= 15 is 0 Å². The Bertz CT molecular complexity index is 561. The number of likely N-dealkylation sites (tertiary alicyclic amines) is 1. The van der Waals surface area contributed by atoms with Crippen LogP contribution in [0.1, 0.15) is 24.8 Å². The first kappa shape index (κ1) is 17.4. The molecular formula is C20H29FN2O2. The lowest BCUT2D eigenvalue weighted by atomic mass is 9.93. The lowest BCUT2D eigenvalue weighted by molar-refractivity contribution is -0.0563. The van der Waals surface area contributed by atoms with Crippen molar-refractivity contribution in [1.82, 2.24) is 9.80 Å². The standard InChI is InChI=1S/C20H29FN2O2/c21-19-5-3-17(4-6-19)12-23-9-10-24-16-20(15-23)11-18(14-25-20)13-22-7-1-2-8-22/h3-6,18H,1-2,7-16H2/t18-,20-/m1/s1. The molecule has 5 heteroatoms. The largest absolute Gasteiger partial charge is 0.377 e. The third-order valence-corrected chi connectivity index (χ3v) is 5.75. The first-order valence-corrected chi connectivity index (χ1v) is 9.62. The highest BCUT2D eigenvalue weighted by molar-refractivity contribution is 5.16. The molecule has 4 nitrogen and oxygen atoms in total. The molecule has 0 amide bonds. The zero-order valence-electron chi connectivity index (χ0n) is 15.0. The van der Waals surface area contributed by atoms with Gasteiger partial charge in [0.25, 0.3) is 0 Å². The van der Waals surface area contributed by atoms with Crippen molar-refractivity contribution in [3.05, 3.63) is 35.6 Å². The van der Waals surface area contributed by atoms with E-state index in [1.54, 1.807) is 0 Å². The second-order valence-electron chi connectivity index (χ2n) is 7.96. The van der Waals surface area contributed by atoms with E-state index < -0.39 is 0 Å². The molecule has 0 unspecified atom stereocenters. The SMILES string of the molecule is Fc1ccc(CN2CCOC[C@@]3(C[C@H](CN4CCCC4)CO3)C2)cc1. The summed E-state index contributed by atoms with van der Waals surface area (Å²) in [4.78, 5) is 4.99. The van der Waals surface area contributed by atoms with E-state index in [1.807, 2.05) is 12.1 Å². The highest BCUT2D eigenvalue weighted by Crippen LogP contribution is 2.34. The van der Waals surface area contributed by atoms with E-state index in [2.05, 4.69) is 9.80 Å². The second kappa shape index (κ2) is 7.70. The van der Waals surface area contributed by atoms with Gasteiger partial charge in [0.1, 0.15) is 11.4 Å². The van der Waals surface area contributed by atoms with Gasteiger partial charge in [0.2, 0.25) is 0 Å². The molecule has 3 aliphatic rings. The number of hydrogen-bond donors (Lipinski definition) is 0. The fourth-order valence-corrected chi connectivity index (χ4v) is 4.56. The maximum Gasteiger partial charge on any atom is 0.123 e. The maximum absolute atomic E-state index is 13.1. The van der Waals surface area contributed by atoms with Gasteiger partial charge in [-0.05, 0) is 56.0 Å². The Kier molecular flexibility index (Phi) is 5.36. The van der Waals surface area contributed by atoms with Gasteiger partial charge in [-0.25, -0.2) is 4.39 Å². The molecule has 3 saturated heterocycles. The van der Waals surface area contributed by atoms with Crippen LogP contribution in [0, 0.1) is 11.7 Å². The second-order valence-corrected chi connectivity index (χ2v) is 7.96. The van der Waals surface area contributed by atoms with Gasteiger partial charge in [0.15, 0.2) is 0 Å². The van der Waals surface area contributed by atoms with E-state index in [-0.39, 0.29) is 11.4 Å². The first-order valence-electron chi connectivity index (χ1n) is 9.62. The molecule has 0 bridgehead atoms. The van der Waals surface area contributed by atoms with E-state index in [4.69, 9.17) is 9.47 Å². The molecule has 0 radical (unpaired) electrons. The van der Waals surface area contributed by atoms with Crippen LogP contribution >= 0.6 is 0 Å². The van der Waals surface area contributed by atoms with E-state index in [1.165, 1.54) is 44.6 Å². The van der Waals surface area contributed by atoms with Gasteiger partial charge in [0, 0.05) is 26.2 Å². The van der Waals surface area contributed by atoms with Crippen LogP contribution in [0.25, 0.3) is 0 Å². The predicted octanol–water partition coefficient (Wildman–Crippen LogP) is 2.53. The smallest absolute Gasteiger partial charge is 0.123 e. The van der Waals surface area contributed by atoms with Gasteiger partial charge in [-0.3, -0.25) is 4.90 Å². The number of hydrogen-bond acceptors (Lipinski definition) is 4. The van der Waals surface area contributed by atoms with Crippen molar-refractivity contribution in [2.24, 2.45) is 5.92 Å². The molecule has 0 aromatic heterocycles. The van der Waals surface area contributed by atoms with Crippen LogP contribution in [-0.2, 0) is 16.0 Å². The summed E-state index contributed by atoms with van der Waals surface area (Å²) in [6, 6.07) is 6.83. The summed E-state index contributed by atoms with van der Waals surface area (Å²) in [5, 5.41) is 0. The summed E-state index contributed by atoms with van der Waals surface area (Å²) < 4.78 is 25.3. The van der Waals surface area contributed by atoms with Crippen LogP contribution in [-0.4, -0.2) is 67.9 Å². The van der Waals surface area contributed by atoms with Crippen LogP contribution in [0.5, 0.6) is 0 Å². The predicted molar refractivity (Wildman–Crippen MR) is 95.0 cm³/mol. The first-order chi connectivity index (χ1) is 12.2. The van der Waals surface area contributed by atoms with Gasteiger partial charge in [-0.1, -0.05) is 12.1 Å². The van der Waals surface area contributed by atoms with Crippen molar-refractivity contribution in [3.63, 3.8) is 0 Å². The average molecular weight is 348 g/mol. The van der Waals surface area contributed by atoms with Gasteiger partial charge < -0.3 is 14.4 Å². The fourth-order valence-electron chi connectivity index (χ4n) is 4.56. The molecular weight excluding hydrogens is 319 g/mol. The van der Waals surface area contributed by atoms with Crippen molar-refractivity contribution in [2.75, 3.05) is 52.5 Å². The van der Waals surface area contributed by atoms with E-state index in [0.717, 1.165) is 44.8 Å². The van der Waals surface area contributed by atoms with Gasteiger partial charge in [-0.2, -0.15) is 0 Å². The highest BCUT2D eigenvalue weighted by Gasteiger charge is 2.43. The topological polar surface area (TPSA) is 24.9 Å². The Morgan fingerprint density at radius 1 is 1.08 bits per heavy atom. The molecule has 1 aromatic rings. The summed E-state index contributed by atoms with van der Waals surface area (Å²) >= 11 is 0. The Morgan fingerprint density at radius 3 is 2.68 bits per heavy atom. The summed E-state index contributed by atoms with van der Waals surface area (Å²) in [5.41, 5.74) is 0.978. The van der Waals surface area contributed by atoms with E-state index in [9.17, 15) is 4.39 Å². The lowest BCUT2D eigenvalue weighted by Gasteiger charge is -2.31. The molecule has 4 rings (SSSR count). The van der Waals surface area contributed by atoms with Crippen LogP contribution in [0.3, 0.4) is 0 Å². The number of benzene rings is 1. The normalized spacial score (nSPS) is 31.6. The quantitative estimate of drug-likeness (QED) is 0.835. The van der Waals surface area contributed by atoms with Gasteiger partial charge >= 0.3 is 0 Å². The average Bonchev–Trinajstić information content (AvgIpc) is 3.20. The molecule has 25 heavy (non-hydrogen) atoms. The zero-order valence-corrected chi connectivity index (χ0v) is 15.0. The Labute approximate surface area is 149 Å². The van der Waals surface area contributed by atoms with Crippen molar-refractivity contribution in [2.45, 2.75) is 31.4 Å². The summed E-state index contributed by atoms with van der Waals surface area (Å²) in [6.45, 7) is 8.58. The molecule has 3 fully saturated rings. The number of halogens is 1. The molecule has 0 saturated carbocycles. The van der Waals surface area contributed by atoms with Crippen molar-refractivity contribution in [1.29, 1.82) is 0 Å². The van der Waals surface area contributed by atoms with Crippen molar-refractivity contribution < 1.29 is 13.9 Å². The highest BCUT2D eigenvalue weighted by atomic mass is 19.1. The zero-order chi connectivity index (χ0) is 17.1. The molecule has 3 heterocycles. The minimum Gasteiger partial charge on any atom is -0.377 e.